The van der Waals surface area contributed by atoms with Crippen molar-refractivity contribution < 1.29 is 9.53 Å². The summed E-state index contributed by atoms with van der Waals surface area (Å²) < 4.78 is 5.56. The van der Waals surface area contributed by atoms with Gasteiger partial charge in [0.05, 0.1) is 6.21 Å². The number of hydrazone groups is 1. The number of carbonyl (C=O) groups is 1. The van der Waals surface area contributed by atoms with Crippen molar-refractivity contribution in [3.05, 3.63) is 64.8 Å². The van der Waals surface area contributed by atoms with Gasteiger partial charge in [-0.1, -0.05) is 29.8 Å². The molecule has 25 heavy (non-hydrogen) atoms. The van der Waals surface area contributed by atoms with E-state index in [4.69, 9.17) is 16.3 Å². The fourth-order valence-electron chi connectivity index (χ4n) is 2.49. The van der Waals surface area contributed by atoms with E-state index in [9.17, 15) is 4.79 Å². The predicted octanol–water partition coefficient (Wildman–Crippen LogP) is 4.05. The summed E-state index contributed by atoms with van der Waals surface area (Å²) in [7, 11) is 0. The highest BCUT2D eigenvalue weighted by atomic mass is 35.5. The van der Waals surface area contributed by atoms with Crippen LogP contribution in [0, 0.1) is 6.92 Å². The average molecular weight is 356 g/mol. The Morgan fingerprint density at radius 2 is 1.96 bits per heavy atom. The number of benzene rings is 2. The lowest BCUT2D eigenvalue weighted by Gasteiger charge is -2.12. The molecule has 0 bridgehead atoms. The summed E-state index contributed by atoms with van der Waals surface area (Å²) in [5.41, 5.74) is 5.48. The first-order chi connectivity index (χ1) is 12.0. The second-order valence-electron chi connectivity index (χ2n) is 5.66. The number of hydrogen-bond donors (Lipinski definition) is 2. The number of rotatable bonds is 5. The highest BCUT2D eigenvalue weighted by Gasteiger charge is 2.14. The van der Waals surface area contributed by atoms with Crippen molar-refractivity contribution in [3.8, 4) is 5.75 Å². The Bertz CT molecular complexity index is 916. The molecule has 1 amide bonds. The number of aryl methyl sites for hydroxylation is 1. The highest BCUT2D eigenvalue weighted by molar-refractivity contribution is 6.30. The van der Waals surface area contributed by atoms with Crippen molar-refractivity contribution >= 4 is 34.6 Å². The van der Waals surface area contributed by atoms with Crippen LogP contribution in [0.4, 0.5) is 0 Å². The summed E-state index contributed by atoms with van der Waals surface area (Å²) in [4.78, 5) is 15.4. The topological polar surface area (TPSA) is 66.5 Å². The normalized spacial score (nSPS) is 12.4. The fourth-order valence-corrected chi connectivity index (χ4v) is 2.61. The lowest BCUT2D eigenvalue weighted by Crippen LogP contribution is -2.33. The summed E-state index contributed by atoms with van der Waals surface area (Å²) in [5, 5.41) is 5.73. The third-order valence-electron chi connectivity index (χ3n) is 3.81. The summed E-state index contributed by atoms with van der Waals surface area (Å²) in [5.74, 6) is 0.243. The zero-order valence-corrected chi connectivity index (χ0v) is 14.7. The molecule has 2 aromatic carbocycles. The van der Waals surface area contributed by atoms with Gasteiger partial charge < -0.3 is 9.72 Å². The van der Waals surface area contributed by atoms with Crippen LogP contribution >= 0.6 is 11.6 Å². The van der Waals surface area contributed by atoms with Crippen LogP contribution in [0.15, 0.2) is 53.6 Å². The van der Waals surface area contributed by atoms with Crippen LogP contribution in [-0.4, -0.2) is 23.2 Å². The molecule has 1 aromatic heterocycles. The molecule has 0 unspecified atom stereocenters. The first-order valence-electron chi connectivity index (χ1n) is 7.87. The number of nitrogens with zero attached hydrogens (tertiary/aromatic N) is 1. The number of amides is 1. The van der Waals surface area contributed by atoms with Gasteiger partial charge in [0.2, 0.25) is 0 Å². The summed E-state index contributed by atoms with van der Waals surface area (Å²) in [6.45, 7) is 3.63. The minimum atomic E-state index is -0.678. The van der Waals surface area contributed by atoms with E-state index in [1.54, 1.807) is 37.4 Å². The van der Waals surface area contributed by atoms with E-state index in [0.717, 1.165) is 22.2 Å². The molecule has 3 rings (SSSR count). The molecule has 0 fully saturated rings. The minimum absolute atomic E-state index is 0.330. The van der Waals surface area contributed by atoms with Gasteiger partial charge >= 0.3 is 0 Å². The fraction of sp³-hybridized carbons (Fsp3) is 0.158. The van der Waals surface area contributed by atoms with E-state index in [0.29, 0.717) is 10.8 Å². The van der Waals surface area contributed by atoms with Gasteiger partial charge in [-0.3, -0.25) is 4.79 Å². The van der Waals surface area contributed by atoms with Gasteiger partial charge in [0.25, 0.3) is 5.91 Å². The van der Waals surface area contributed by atoms with E-state index in [2.05, 4.69) is 15.5 Å². The SMILES string of the molecule is Cc1[nH]c2ccccc2c1/C=N\NC(=O)[C@H](C)Oc1ccc(Cl)cc1. The third-order valence-corrected chi connectivity index (χ3v) is 4.06. The van der Waals surface area contributed by atoms with E-state index in [-0.39, 0.29) is 5.91 Å². The van der Waals surface area contributed by atoms with Crippen LogP contribution in [0.5, 0.6) is 5.75 Å². The lowest BCUT2D eigenvalue weighted by molar-refractivity contribution is -0.127. The number of fused-ring (bicyclic) bond motifs is 1. The molecule has 0 spiro atoms. The van der Waals surface area contributed by atoms with E-state index < -0.39 is 6.10 Å². The minimum Gasteiger partial charge on any atom is -0.481 e. The monoisotopic (exact) mass is 355 g/mol. The summed E-state index contributed by atoms with van der Waals surface area (Å²) >= 11 is 5.83. The summed E-state index contributed by atoms with van der Waals surface area (Å²) in [6, 6.07) is 14.8. The largest absolute Gasteiger partial charge is 0.481 e. The molecule has 0 aliphatic rings. The molecule has 6 heteroatoms. The van der Waals surface area contributed by atoms with Crippen LogP contribution < -0.4 is 10.2 Å². The second-order valence-corrected chi connectivity index (χ2v) is 6.09. The number of H-pyrrole nitrogens is 1. The molecule has 2 N–H and O–H groups in total. The highest BCUT2D eigenvalue weighted by Crippen LogP contribution is 2.20. The molecular weight excluding hydrogens is 338 g/mol. The van der Waals surface area contributed by atoms with Crippen molar-refractivity contribution in [1.82, 2.24) is 10.4 Å². The van der Waals surface area contributed by atoms with Gasteiger partial charge in [0.15, 0.2) is 6.10 Å². The van der Waals surface area contributed by atoms with E-state index >= 15 is 0 Å². The Morgan fingerprint density at radius 3 is 2.72 bits per heavy atom. The maximum Gasteiger partial charge on any atom is 0.280 e. The molecule has 1 heterocycles. The number of para-hydroxylation sites is 1. The Kier molecular flexibility index (Phi) is 5.05. The Hall–Kier alpha value is -2.79. The predicted molar refractivity (Wildman–Crippen MR) is 100 cm³/mol. The third kappa shape index (κ3) is 4.00. The number of aromatic nitrogens is 1. The molecule has 3 aromatic rings. The van der Waals surface area contributed by atoms with Crippen molar-refractivity contribution in [2.75, 3.05) is 0 Å². The van der Waals surface area contributed by atoms with Gasteiger partial charge in [-0.2, -0.15) is 5.10 Å². The maximum absolute atomic E-state index is 12.1. The smallest absolute Gasteiger partial charge is 0.280 e. The van der Waals surface area contributed by atoms with Crippen LogP contribution in [-0.2, 0) is 4.79 Å². The van der Waals surface area contributed by atoms with Crippen LogP contribution in [0.3, 0.4) is 0 Å². The molecule has 0 saturated heterocycles. The van der Waals surface area contributed by atoms with Crippen molar-refractivity contribution in [2.24, 2.45) is 5.10 Å². The number of aromatic amines is 1. The van der Waals surface area contributed by atoms with Crippen LogP contribution in [0.1, 0.15) is 18.2 Å². The Balaban J connectivity index is 1.63. The first-order valence-corrected chi connectivity index (χ1v) is 8.25. The van der Waals surface area contributed by atoms with E-state index in [1.807, 2.05) is 31.2 Å². The van der Waals surface area contributed by atoms with Crippen LogP contribution in [0.2, 0.25) is 5.02 Å². The standard InChI is InChI=1S/C19H18ClN3O2/c1-12-17(16-5-3-4-6-18(16)22-12)11-21-23-19(24)13(2)25-15-9-7-14(20)8-10-15/h3-11,13,22H,1-2H3,(H,23,24)/b21-11-/t13-/m0/s1. The van der Waals surface area contributed by atoms with Gasteiger partial charge in [-0.05, 0) is 44.2 Å². The first kappa shape index (κ1) is 17.0. The lowest BCUT2D eigenvalue weighted by atomic mass is 10.1. The van der Waals surface area contributed by atoms with Crippen molar-refractivity contribution in [2.45, 2.75) is 20.0 Å². The van der Waals surface area contributed by atoms with Gasteiger partial charge in [-0.25, -0.2) is 5.43 Å². The number of carbonyl (C=O) groups excluding carboxylic acids is 1. The molecule has 0 aliphatic carbocycles. The number of nitrogens with one attached hydrogen (secondary N) is 2. The molecule has 5 nitrogen and oxygen atoms in total. The zero-order chi connectivity index (χ0) is 17.8. The van der Waals surface area contributed by atoms with Crippen LogP contribution in [0.25, 0.3) is 10.9 Å². The van der Waals surface area contributed by atoms with Gasteiger partial charge in [-0.15, -0.1) is 0 Å². The van der Waals surface area contributed by atoms with E-state index in [1.165, 1.54) is 0 Å². The molecular formula is C19H18ClN3O2. The average Bonchev–Trinajstić information content (AvgIpc) is 2.92. The second kappa shape index (κ2) is 7.40. The number of hydrogen-bond acceptors (Lipinski definition) is 3. The summed E-state index contributed by atoms with van der Waals surface area (Å²) in [6.07, 6.45) is 0.962. The van der Waals surface area contributed by atoms with Gasteiger partial charge in [0.1, 0.15) is 5.75 Å². The molecule has 0 aliphatic heterocycles. The molecule has 0 radical (unpaired) electrons. The molecule has 128 valence electrons. The van der Waals surface area contributed by atoms with Crippen molar-refractivity contribution in [3.63, 3.8) is 0 Å². The quantitative estimate of drug-likeness (QED) is 0.535. The number of halogens is 1. The Morgan fingerprint density at radius 1 is 1.24 bits per heavy atom. The maximum atomic E-state index is 12.1. The zero-order valence-electron chi connectivity index (χ0n) is 13.9. The molecule has 1 atom stereocenters. The Labute approximate surface area is 150 Å². The number of ether oxygens (including phenoxy) is 1. The van der Waals surface area contributed by atoms with Gasteiger partial charge in [0, 0.05) is 27.2 Å². The van der Waals surface area contributed by atoms with Crippen molar-refractivity contribution in [1.29, 1.82) is 0 Å². The molecule has 0 saturated carbocycles.